The molecule has 17 heavy (non-hydrogen) atoms. The number of nitrogens with zero attached hydrogens (tertiary/aromatic N) is 1. The molecule has 0 aromatic heterocycles. The lowest BCUT2D eigenvalue weighted by Crippen LogP contribution is -2.39. The highest BCUT2D eigenvalue weighted by molar-refractivity contribution is 5.69. The molecule has 1 fully saturated rings. The minimum absolute atomic E-state index is 0.0860. The summed E-state index contributed by atoms with van der Waals surface area (Å²) in [6.07, 6.45) is 2.99. The van der Waals surface area contributed by atoms with E-state index < -0.39 is 0 Å². The van der Waals surface area contributed by atoms with Crippen molar-refractivity contribution < 1.29 is 9.53 Å². The van der Waals surface area contributed by atoms with Gasteiger partial charge in [0.2, 0.25) is 0 Å². The number of hydrogen-bond donors (Lipinski definition) is 1. The van der Waals surface area contributed by atoms with Crippen molar-refractivity contribution in [1.82, 2.24) is 10.2 Å². The van der Waals surface area contributed by atoms with Crippen molar-refractivity contribution in [3.8, 4) is 0 Å². The van der Waals surface area contributed by atoms with Crippen molar-refractivity contribution in [2.75, 3.05) is 33.3 Å². The lowest BCUT2D eigenvalue weighted by molar-refractivity contribution is -0.144. The monoisotopic (exact) mass is 242 g/mol. The van der Waals surface area contributed by atoms with Crippen LogP contribution in [0.15, 0.2) is 0 Å². The Hall–Kier alpha value is -0.610. The van der Waals surface area contributed by atoms with Gasteiger partial charge in [0, 0.05) is 12.6 Å². The summed E-state index contributed by atoms with van der Waals surface area (Å²) in [4.78, 5) is 13.7. The Balaban J connectivity index is 2.25. The smallest absolute Gasteiger partial charge is 0.307 e. The summed E-state index contributed by atoms with van der Waals surface area (Å²) in [6, 6.07) is 0.268. The van der Waals surface area contributed by atoms with E-state index in [1.807, 2.05) is 6.92 Å². The zero-order valence-corrected chi connectivity index (χ0v) is 11.4. The lowest BCUT2D eigenvalue weighted by Gasteiger charge is -2.30. The topological polar surface area (TPSA) is 41.6 Å². The first-order valence-electron chi connectivity index (χ1n) is 6.70. The minimum Gasteiger partial charge on any atom is -0.466 e. The molecule has 1 rings (SSSR count). The molecular formula is C13H26N2O2. The van der Waals surface area contributed by atoms with Gasteiger partial charge in [-0.15, -0.1) is 0 Å². The first kappa shape index (κ1) is 14.5. The number of esters is 1. The van der Waals surface area contributed by atoms with E-state index >= 15 is 0 Å². The maximum Gasteiger partial charge on any atom is 0.307 e. The first-order valence-corrected chi connectivity index (χ1v) is 6.70. The third-order valence-corrected chi connectivity index (χ3v) is 3.52. The van der Waals surface area contributed by atoms with Crippen LogP contribution in [0, 0.1) is 5.92 Å². The predicted molar refractivity (Wildman–Crippen MR) is 68.9 cm³/mol. The fourth-order valence-electron chi connectivity index (χ4n) is 2.27. The van der Waals surface area contributed by atoms with Crippen LogP contribution in [0.5, 0.6) is 0 Å². The molecule has 0 bridgehead atoms. The van der Waals surface area contributed by atoms with E-state index in [1.54, 1.807) is 0 Å². The van der Waals surface area contributed by atoms with E-state index in [2.05, 4.69) is 24.2 Å². The van der Waals surface area contributed by atoms with Gasteiger partial charge < -0.3 is 15.0 Å². The van der Waals surface area contributed by atoms with Crippen LogP contribution < -0.4 is 5.32 Å². The van der Waals surface area contributed by atoms with Crippen molar-refractivity contribution in [3.63, 3.8) is 0 Å². The van der Waals surface area contributed by atoms with Gasteiger partial charge in [0.05, 0.1) is 13.0 Å². The number of ether oxygens (including phenoxy) is 1. The highest BCUT2D eigenvalue weighted by Crippen LogP contribution is 2.15. The predicted octanol–water partition coefficient (Wildman–Crippen LogP) is 1.26. The van der Waals surface area contributed by atoms with Gasteiger partial charge in [0.1, 0.15) is 0 Å². The quantitative estimate of drug-likeness (QED) is 0.712. The SMILES string of the molecule is CCOC(=O)CC(C)N(C)CC1CCNCC1. The van der Waals surface area contributed by atoms with E-state index in [0.717, 1.165) is 25.6 Å². The molecule has 1 heterocycles. The number of nitrogens with one attached hydrogen (secondary N) is 1. The van der Waals surface area contributed by atoms with Crippen LogP contribution in [-0.4, -0.2) is 50.2 Å². The van der Waals surface area contributed by atoms with Gasteiger partial charge in [-0.2, -0.15) is 0 Å². The van der Waals surface area contributed by atoms with Crippen molar-refractivity contribution in [1.29, 1.82) is 0 Å². The van der Waals surface area contributed by atoms with Crippen LogP contribution in [0.2, 0.25) is 0 Å². The third kappa shape index (κ3) is 5.50. The van der Waals surface area contributed by atoms with E-state index in [1.165, 1.54) is 12.8 Å². The number of piperidine rings is 1. The molecule has 1 aliphatic heterocycles. The molecule has 4 nitrogen and oxygen atoms in total. The number of hydrogen-bond acceptors (Lipinski definition) is 4. The highest BCUT2D eigenvalue weighted by Gasteiger charge is 2.19. The van der Waals surface area contributed by atoms with Gasteiger partial charge in [0.25, 0.3) is 0 Å². The summed E-state index contributed by atoms with van der Waals surface area (Å²) in [7, 11) is 2.10. The van der Waals surface area contributed by atoms with Gasteiger partial charge in [-0.05, 0) is 52.7 Å². The largest absolute Gasteiger partial charge is 0.466 e. The van der Waals surface area contributed by atoms with Gasteiger partial charge in [-0.3, -0.25) is 4.79 Å². The van der Waals surface area contributed by atoms with Crippen molar-refractivity contribution in [2.45, 2.75) is 39.2 Å². The molecular weight excluding hydrogens is 216 g/mol. The van der Waals surface area contributed by atoms with E-state index in [4.69, 9.17) is 4.74 Å². The second-order valence-electron chi connectivity index (χ2n) is 4.99. The summed E-state index contributed by atoms with van der Waals surface area (Å²) < 4.78 is 4.98. The Bertz CT molecular complexity index is 227. The molecule has 1 atom stereocenters. The van der Waals surface area contributed by atoms with E-state index in [9.17, 15) is 4.79 Å². The van der Waals surface area contributed by atoms with Crippen molar-refractivity contribution in [2.24, 2.45) is 5.92 Å². The minimum atomic E-state index is -0.0860. The van der Waals surface area contributed by atoms with Gasteiger partial charge in [0.15, 0.2) is 0 Å². The molecule has 1 unspecified atom stereocenters. The molecule has 0 spiro atoms. The number of carbonyl (C=O) groups is 1. The van der Waals surface area contributed by atoms with Gasteiger partial charge >= 0.3 is 5.97 Å². The molecule has 1 N–H and O–H groups in total. The molecule has 0 amide bonds. The molecule has 1 aliphatic rings. The molecule has 0 saturated carbocycles. The maximum atomic E-state index is 11.4. The highest BCUT2D eigenvalue weighted by atomic mass is 16.5. The summed E-state index contributed by atoms with van der Waals surface area (Å²) >= 11 is 0. The lowest BCUT2D eigenvalue weighted by atomic mass is 9.97. The van der Waals surface area contributed by atoms with Crippen LogP contribution in [0.3, 0.4) is 0 Å². The molecule has 1 saturated heterocycles. The van der Waals surface area contributed by atoms with Crippen LogP contribution >= 0.6 is 0 Å². The Morgan fingerprint density at radius 3 is 2.71 bits per heavy atom. The first-order chi connectivity index (χ1) is 8.13. The van der Waals surface area contributed by atoms with Crippen LogP contribution in [0.1, 0.15) is 33.1 Å². The fraction of sp³-hybridized carbons (Fsp3) is 0.923. The summed E-state index contributed by atoms with van der Waals surface area (Å²) in [5, 5.41) is 3.37. The van der Waals surface area contributed by atoms with Crippen LogP contribution in [-0.2, 0) is 9.53 Å². The second kappa shape index (κ2) is 7.67. The third-order valence-electron chi connectivity index (χ3n) is 3.52. The summed E-state index contributed by atoms with van der Waals surface area (Å²) in [5.74, 6) is 0.683. The molecule has 0 radical (unpaired) electrons. The van der Waals surface area contributed by atoms with Crippen molar-refractivity contribution >= 4 is 5.97 Å². The van der Waals surface area contributed by atoms with E-state index in [-0.39, 0.29) is 12.0 Å². The standard InChI is InChI=1S/C13H26N2O2/c1-4-17-13(16)9-11(2)15(3)10-12-5-7-14-8-6-12/h11-12,14H,4-10H2,1-3H3. The van der Waals surface area contributed by atoms with Gasteiger partial charge in [-0.1, -0.05) is 0 Å². The zero-order chi connectivity index (χ0) is 12.7. The molecule has 4 heteroatoms. The zero-order valence-electron chi connectivity index (χ0n) is 11.4. The average molecular weight is 242 g/mol. The fourth-order valence-corrected chi connectivity index (χ4v) is 2.27. The second-order valence-corrected chi connectivity index (χ2v) is 4.99. The molecule has 0 aromatic rings. The Morgan fingerprint density at radius 1 is 1.47 bits per heavy atom. The molecule has 0 aromatic carbocycles. The van der Waals surface area contributed by atoms with E-state index in [0.29, 0.717) is 13.0 Å². The summed E-state index contributed by atoms with van der Waals surface area (Å²) in [5.41, 5.74) is 0. The average Bonchev–Trinajstić information content (AvgIpc) is 2.30. The normalized spacial score (nSPS) is 19.3. The summed E-state index contributed by atoms with van der Waals surface area (Å²) in [6.45, 7) is 7.76. The molecule has 100 valence electrons. The number of carbonyl (C=O) groups excluding carboxylic acids is 1. The van der Waals surface area contributed by atoms with Crippen molar-refractivity contribution in [3.05, 3.63) is 0 Å². The number of rotatable bonds is 6. The Morgan fingerprint density at radius 2 is 2.12 bits per heavy atom. The van der Waals surface area contributed by atoms with Crippen LogP contribution in [0.4, 0.5) is 0 Å². The Labute approximate surface area is 105 Å². The van der Waals surface area contributed by atoms with Crippen LogP contribution in [0.25, 0.3) is 0 Å². The Kier molecular flexibility index (Phi) is 6.52. The maximum absolute atomic E-state index is 11.4. The molecule has 0 aliphatic carbocycles. The van der Waals surface area contributed by atoms with Gasteiger partial charge in [-0.25, -0.2) is 0 Å².